The lowest BCUT2D eigenvalue weighted by Crippen LogP contribution is -2.50. The number of anilines is 1. The van der Waals surface area contributed by atoms with Crippen molar-refractivity contribution in [3.63, 3.8) is 0 Å². The Morgan fingerprint density at radius 2 is 2.05 bits per heavy atom. The Balaban J connectivity index is 2.27. The molecule has 1 aromatic rings. The molecule has 0 radical (unpaired) electrons. The van der Waals surface area contributed by atoms with Gasteiger partial charge in [0.1, 0.15) is 0 Å². The molecule has 19 heavy (non-hydrogen) atoms. The van der Waals surface area contributed by atoms with Crippen LogP contribution in [0.1, 0.15) is 38.7 Å². The van der Waals surface area contributed by atoms with Crippen molar-refractivity contribution in [2.45, 2.75) is 45.6 Å². The van der Waals surface area contributed by atoms with Crippen LogP contribution in [0.15, 0.2) is 22.7 Å². The summed E-state index contributed by atoms with van der Waals surface area (Å²) in [6.45, 7) is 10.1. The van der Waals surface area contributed by atoms with Crippen molar-refractivity contribution in [1.82, 2.24) is 5.32 Å². The number of halogens is 1. The van der Waals surface area contributed by atoms with Gasteiger partial charge in [-0.1, -0.05) is 19.9 Å². The predicted octanol–water partition coefficient (Wildman–Crippen LogP) is 4.12. The summed E-state index contributed by atoms with van der Waals surface area (Å²) in [5.41, 5.74) is 2.90. The minimum atomic E-state index is 0.265. The fraction of sp³-hybridized carbons (Fsp3) is 0.625. The van der Waals surface area contributed by atoms with Crippen molar-refractivity contribution < 1.29 is 0 Å². The first-order chi connectivity index (χ1) is 9.10. The van der Waals surface area contributed by atoms with Gasteiger partial charge in [0.15, 0.2) is 0 Å². The Bertz CT molecular complexity index is 427. The van der Waals surface area contributed by atoms with E-state index in [0.29, 0.717) is 0 Å². The number of rotatable bonds is 3. The van der Waals surface area contributed by atoms with E-state index in [-0.39, 0.29) is 5.54 Å². The quantitative estimate of drug-likeness (QED) is 0.899. The van der Waals surface area contributed by atoms with Gasteiger partial charge in [0.05, 0.1) is 5.69 Å². The maximum Gasteiger partial charge on any atom is 0.0511 e. The molecule has 0 unspecified atom stereocenters. The predicted molar refractivity (Wildman–Crippen MR) is 87.0 cm³/mol. The first kappa shape index (κ1) is 14.9. The van der Waals surface area contributed by atoms with Crippen molar-refractivity contribution in [2.75, 3.05) is 24.5 Å². The lowest BCUT2D eigenvalue weighted by atomic mass is 9.92. The third-order valence-electron chi connectivity index (χ3n) is 4.40. The van der Waals surface area contributed by atoms with Crippen molar-refractivity contribution in [2.24, 2.45) is 0 Å². The number of nitrogens with one attached hydrogen (secondary N) is 1. The fourth-order valence-electron chi connectivity index (χ4n) is 2.92. The number of hydrogen-bond donors (Lipinski definition) is 1. The maximum absolute atomic E-state index is 3.77. The molecule has 2 nitrogen and oxygen atoms in total. The second kappa shape index (κ2) is 6.27. The van der Waals surface area contributed by atoms with Gasteiger partial charge in [0.25, 0.3) is 0 Å². The van der Waals surface area contributed by atoms with E-state index < -0.39 is 0 Å². The molecule has 0 spiro atoms. The van der Waals surface area contributed by atoms with E-state index in [4.69, 9.17) is 0 Å². The van der Waals surface area contributed by atoms with Crippen LogP contribution in [0.25, 0.3) is 0 Å². The fourth-order valence-corrected chi connectivity index (χ4v) is 3.67. The molecule has 1 N–H and O–H groups in total. The Kier molecular flexibility index (Phi) is 4.91. The van der Waals surface area contributed by atoms with E-state index in [1.807, 2.05) is 0 Å². The summed E-state index contributed by atoms with van der Waals surface area (Å²) in [4.78, 5) is 2.54. The van der Waals surface area contributed by atoms with Gasteiger partial charge in [0, 0.05) is 23.1 Å². The summed E-state index contributed by atoms with van der Waals surface area (Å²) in [6, 6.07) is 6.67. The molecule has 1 aliphatic heterocycles. The molecular formula is C16H25BrN2. The normalized spacial score (nSPS) is 19.3. The van der Waals surface area contributed by atoms with Gasteiger partial charge in [-0.15, -0.1) is 0 Å². The van der Waals surface area contributed by atoms with Crippen molar-refractivity contribution in [3.8, 4) is 0 Å². The molecule has 1 aliphatic rings. The minimum absolute atomic E-state index is 0.265. The topological polar surface area (TPSA) is 15.3 Å². The van der Waals surface area contributed by atoms with Gasteiger partial charge >= 0.3 is 0 Å². The van der Waals surface area contributed by atoms with Gasteiger partial charge in [-0.25, -0.2) is 0 Å². The number of hydrogen-bond acceptors (Lipinski definition) is 2. The molecule has 2 rings (SSSR count). The van der Waals surface area contributed by atoms with Gasteiger partial charge < -0.3 is 10.2 Å². The molecule has 106 valence electrons. The Morgan fingerprint density at radius 3 is 2.68 bits per heavy atom. The minimum Gasteiger partial charge on any atom is -0.369 e. The number of nitrogens with zero attached hydrogens (tertiary/aromatic N) is 1. The van der Waals surface area contributed by atoms with E-state index in [1.165, 1.54) is 35.0 Å². The zero-order valence-corrected chi connectivity index (χ0v) is 13.9. The lowest BCUT2D eigenvalue weighted by molar-refractivity contribution is 0.321. The summed E-state index contributed by atoms with van der Waals surface area (Å²) < 4.78 is 1.22. The molecule has 0 atom stereocenters. The highest BCUT2D eigenvalue weighted by molar-refractivity contribution is 9.10. The van der Waals surface area contributed by atoms with Gasteiger partial charge in [-0.2, -0.15) is 0 Å². The van der Waals surface area contributed by atoms with Crippen molar-refractivity contribution >= 4 is 21.6 Å². The van der Waals surface area contributed by atoms with E-state index in [9.17, 15) is 0 Å². The van der Waals surface area contributed by atoms with E-state index in [0.717, 1.165) is 19.6 Å². The van der Waals surface area contributed by atoms with E-state index >= 15 is 0 Å². The molecule has 1 fully saturated rings. The van der Waals surface area contributed by atoms with Crippen LogP contribution in [0.5, 0.6) is 0 Å². The van der Waals surface area contributed by atoms with Crippen LogP contribution in [-0.4, -0.2) is 25.2 Å². The summed E-state index contributed by atoms with van der Waals surface area (Å²) >= 11 is 3.73. The molecular weight excluding hydrogens is 300 g/mol. The van der Waals surface area contributed by atoms with Crippen LogP contribution in [0.3, 0.4) is 0 Å². The first-order valence-electron chi connectivity index (χ1n) is 7.36. The SMILES string of the molecule is CCC1(CC)CN(c2ccc(C)cc2Br)CCCN1. The molecule has 0 saturated carbocycles. The third kappa shape index (κ3) is 3.32. The average molecular weight is 325 g/mol. The van der Waals surface area contributed by atoms with Gasteiger partial charge in [-0.3, -0.25) is 0 Å². The first-order valence-corrected chi connectivity index (χ1v) is 8.15. The highest BCUT2D eigenvalue weighted by Gasteiger charge is 2.30. The lowest BCUT2D eigenvalue weighted by Gasteiger charge is -2.36. The summed E-state index contributed by atoms with van der Waals surface area (Å²) in [5, 5.41) is 3.77. The standard InChI is InChI=1S/C16H25BrN2/c1-4-16(5-2)12-19(10-6-9-18-16)15-8-7-13(3)11-14(15)17/h7-8,11,18H,4-6,9-10,12H2,1-3H3. The van der Waals surface area contributed by atoms with Crippen LogP contribution >= 0.6 is 15.9 Å². The maximum atomic E-state index is 3.77. The van der Waals surface area contributed by atoms with Gasteiger partial charge in [0.2, 0.25) is 0 Å². The summed E-state index contributed by atoms with van der Waals surface area (Å²) in [6.07, 6.45) is 3.58. The largest absolute Gasteiger partial charge is 0.369 e. The van der Waals surface area contributed by atoms with Gasteiger partial charge in [-0.05, 0) is 66.4 Å². The number of aryl methyl sites for hydroxylation is 1. The molecule has 0 amide bonds. The molecule has 3 heteroatoms. The Hall–Kier alpha value is -0.540. The Morgan fingerprint density at radius 1 is 1.32 bits per heavy atom. The molecule has 0 bridgehead atoms. The highest BCUT2D eigenvalue weighted by Crippen LogP contribution is 2.31. The van der Waals surface area contributed by atoms with Crippen LogP contribution in [0.4, 0.5) is 5.69 Å². The third-order valence-corrected chi connectivity index (χ3v) is 5.03. The monoisotopic (exact) mass is 324 g/mol. The Labute approximate surface area is 125 Å². The van der Waals surface area contributed by atoms with Crippen LogP contribution in [0, 0.1) is 6.92 Å². The molecule has 1 heterocycles. The second-order valence-corrected chi connectivity index (χ2v) is 6.50. The van der Waals surface area contributed by atoms with E-state index in [1.54, 1.807) is 0 Å². The zero-order valence-electron chi connectivity index (χ0n) is 12.3. The van der Waals surface area contributed by atoms with Crippen LogP contribution in [-0.2, 0) is 0 Å². The van der Waals surface area contributed by atoms with Crippen LogP contribution in [0.2, 0.25) is 0 Å². The summed E-state index contributed by atoms with van der Waals surface area (Å²) in [7, 11) is 0. The van der Waals surface area contributed by atoms with Crippen molar-refractivity contribution in [3.05, 3.63) is 28.2 Å². The smallest absolute Gasteiger partial charge is 0.0511 e. The van der Waals surface area contributed by atoms with Crippen LogP contribution < -0.4 is 10.2 Å². The molecule has 1 saturated heterocycles. The zero-order chi connectivity index (χ0) is 13.9. The second-order valence-electron chi connectivity index (χ2n) is 5.64. The van der Waals surface area contributed by atoms with E-state index in [2.05, 4.69) is 65.1 Å². The van der Waals surface area contributed by atoms with Crippen molar-refractivity contribution in [1.29, 1.82) is 0 Å². The average Bonchev–Trinajstić information content (AvgIpc) is 2.62. The molecule has 1 aromatic carbocycles. The summed E-state index contributed by atoms with van der Waals surface area (Å²) in [5.74, 6) is 0. The molecule has 0 aliphatic carbocycles. The molecule has 0 aromatic heterocycles. The highest BCUT2D eigenvalue weighted by atomic mass is 79.9. The number of benzene rings is 1.